The number of rotatable bonds is 6. The van der Waals surface area contributed by atoms with Crippen LogP contribution in [0.4, 0.5) is 15.1 Å². The molecule has 2 saturated heterocycles. The summed E-state index contributed by atoms with van der Waals surface area (Å²) in [4.78, 5) is 51.4. The Morgan fingerprint density at radius 2 is 1.97 bits per heavy atom. The molecule has 2 aromatic rings. The van der Waals surface area contributed by atoms with Crippen molar-refractivity contribution >= 4 is 23.8 Å². The summed E-state index contributed by atoms with van der Waals surface area (Å²) in [5.74, 6) is -0.209. The number of carbonyl (C=O) groups is 3. The normalized spacial score (nSPS) is 18.6. The zero-order valence-corrected chi connectivity index (χ0v) is 19.5. The average Bonchev–Trinajstić information content (AvgIpc) is 2.84. The van der Waals surface area contributed by atoms with Gasteiger partial charge >= 0.3 is 6.03 Å². The van der Waals surface area contributed by atoms with E-state index in [1.165, 1.54) is 12.1 Å². The Labute approximate surface area is 198 Å². The minimum atomic E-state index is -0.454. The zero-order chi connectivity index (χ0) is 24.2. The Bertz CT molecular complexity index is 1060. The lowest BCUT2D eigenvalue weighted by molar-refractivity contribution is -0.136. The van der Waals surface area contributed by atoms with E-state index >= 15 is 0 Å². The lowest BCUT2D eigenvalue weighted by Gasteiger charge is -2.37. The number of piperidine rings is 1. The predicted octanol–water partition coefficient (Wildman–Crippen LogP) is 2.73. The molecule has 10 heteroatoms. The first-order chi connectivity index (χ1) is 16.3. The first-order valence-corrected chi connectivity index (χ1v) is 11.5. The van der Waals surface area contributed by atoms with Crippen LogP contribution in [0.15, 0.2) is 30.5 Å². The third kappa shape index (κ3) is 5.00. The number of carbonyl (C=O) groups excluding carboxylic acids is 3. The second-order valence-electron chi connectivity index (χ2n) is 8.75. The van der Waals surface area contributed by atoms with Gasteiger partial charge in [0.1, 0.15) is 5.82 Å². The Morgan fingerprint density at radius 3 is 2.68 bits per heavy atom. The van der Waals surface area contributed by atoms with E-state index in [4.69, 9.17) is 4.98 Å². The van der Waals surface area contributed by atoms with Crippen LogP contribution < -0.4 is 10.2 Å². The topological polar surface area (TPSA) is 98.7 Å². The fourth-order valence-corrected chi connectivity index (χ4v) is 4.42. The van der Waals surface area contributed by atoms with Crippen molar-refractivity contribution in [2.45, 2.75) is 38.1 Å². The number of aromatic nitrogens is 2. The monoisotopic (exact) mass is 468 g/mol. The van der Waals surface area contributed by atoms with Gasteiger partial charge < -0.3 is 15.1 Å². The number of amides is 4. The number of nitrogens with zero attached hydrogens (tertiary/aromatic N) is 5. The maximum Gasteiger partial charge on any atom is 0.324 e. The van der Waals surface area contributed by atoms with Crippen LogP contribution in [0.1, 0.15) is 43.8 Å². The van der Waals surface area contributed by atoms with Gasteiger partial charge in [0.05, 0.1) is 11.7 Å². The molecule has 34 heavy (non-hydrogen) atoms. The maximum absolute atomic E-state index is 13.5. The fourth-order valence-electron chi connectivity index (χ4n) is 4.42. The molecule has 0 saturated carbocycles. The second kappa shape index (κ2) is 10.1. The summed E-state index contributed by atoms with van der Waals surface area (Å²) >= 11 is 0. The molecule has 4 amide bonds. The van der Waals surface area contributed by atoms with E-state index in [1.54, 1.807) is 28.1 Å². The van der Waals surface area contributed by atoms with Crippen molar-refractivity contribution in [2.75, 3.05) is 38.6 Å². The van der Waals surface area contributed by atoms with Gasteiger partial charge in [0.2, 0.25) is 17.8 Å². The molecule has 0 radical (unpaired) electrons. The van der Waals surface area contributed by atoms with Crippen molar-refractivity contribution in [1.29, 1.82) is 0 Å². The first kappa shape index (κ1) is 23.6. The molecule has 2 fully saturated rings. The third-order valence-corrected chi connectivity index (χ3v) is 6.21. The molecule has 2 aliphatic heterocycles. The van der Waals surface area contributed by atoms with Crippen LogP contribution >= 0.6 is 0 Å². The first-order valence-electron chi connectivity index (χ1n) is 11.5. The van der Waals surface area contributed by atoms with Gasteiger partial charge in [0.25, 0.3) is 0 Å². The van der Waals surface area contributed by atoms with E-state index in [9.17, 15) is 18.8 Å². The van der Waals surface area contributed by atoms with E-state index in [1.807, 2.05) is 14.1 Å². The highest BCUT2D eigenvalue weighted by atomic mass is 19.1. The van der Waals surface area contributed by atoms with Gasteiger partial charge in [-0.1, -0.05) is 12.1 Å². The van der Waals surface area contributed by atoms with Crippen molar-refractivity contribution in [3.05, 3.63) is 42.0 Å². The molecule has 1 N–H and O–H groups in total. The van der Waals surface area contributed by atoms with Gasteiger partial charge in [-0.2, -0.15) is 0 Å². The van der Waals surface area contributed by atoms with E-state index < -0.39 is 6.03 Å². The highest BCUT2D eigenvalue weighted by Crippen LogP contribution is 2.36. The van der Waals surface area contributed by atoms with Crippen LogP contribution in [0, 0.1) is 5.82 Å². The van der Waals surface area contributed by atoms with Crippen molar-refractivity contribution in [3.63, 3.8) is 0 Å². The van der Waals surface area contributed by atoms with Crippen LogP contribution in [0.3, 0.4) is 0 Å². The van der Waals surface area contributed by atoms with Crippen molar-refractivity contribution in [1.82, 2.24) is 25.1 Å². The number of nitrogens with one attached hydrogen (secondary N) is 1. The third-order valence-electron chi connectivity index (χ3n) is 6.21. The predicted molar refractivity (Wildman–Crippen MR) is 124 cm³/mol. The summed E-state index contributed by atoms with van der Waals surface area (Å²) in [7, 11) is 3.70. The van der Waals surface area contributed by atoms with Gasteiger partial charge in [0.15, 0.2) is 0 Å². The number of urea groups is 1. The molecule has 2 aliphatic rings. The van der Waals surface area contributed by atoms with Crippen LogP contribution in [-0.4, -0.2) is 71.3 Å². The van der Waals surface area contributed by atoms with Crippen LogP contribution in [0.2, 0.25) is 0 Å². The van der Waals surface area contributed by atoms with Gasteiger partial charge in [0, 0.05) is 58.3 Å². The quantitative estimate of drug-likeness (QED) is 0.700. The maximum atomic E-state index is 13.5. The Balaban J connectivity index is 1.62. The van der Waals surface area contributed by atoms with E-state index in [0.717, 1.165) is 35.3 Å². The summed E-state index contributed by atoms with van der Waals surface area (Å²) in [5.41, 5.74) is 2.24. The largest absolute Gasteiger partial charge is 0.347 e. The number of hydrogen-bond donors (Lipinski definition) is 1. The lowest BCUT2D eigenvalue weighted by atomic mass is 9.93. The minimum Gasteiger partial charge on any atom is -0.347 e. The van der Waals surface area contributed by atoms with Gasteiger partial charge in [-0.15, -0.1) is 0 Å². The number of halogens is 1. The molecule has 9 nitrogen and oxygen atoms in total. The fraction of sp³-hybridized carbons (Fsp3) is 0.458. The minimum absolute atomic E-state index is 0.0459. The highest BCUT2D eigenvalue weighted by molar-refractivity contribution is 5.97. The van der Waals surface area contributed by atoms with E-state index in [-0.39, 0.29) is 43.1 Å². The molecule has 0 bridgehead atoms. The molecule has 0 spiro atoms. The summed E-state index contributed by atoms with van der Waals surface area (Å²) in [6, 6.07) is 5.41. The second-order valence-corrected chi connectivity index (χ2v) is 8.75. The molecular weight excluding hydrogens is 439 g/mol. The summed E-state index contributed by atoms with van der Waals surface area (Å²) in [6.45, 7) is 0.933. The lowest BCUT2D eigenvalue weighted by Crippen LogP contribution is -2.51. The van der Waals surface area contributed by atoms with Crippen LogP contribution in [0.25, 0.3) is 11.1 Å². The number of anilines is 1. The summed E-state index contributed by atoms with van der Waals surface area (Å²) in [5, 5.41) is 2.64. The van der Waals surface area contributed by atoms with Crippen molar-refractivity contribution in [3.8, 4) is 11.1 Å². The zero-order valence-electron chi connectivity index (χ0n) is 19.5. The molecule has 0 unspecified atom stereocenters. The van der Waals surface area contributed by atoms with E-state index in [2.05, 4.69) is 10.3 Å². The van der Waals surface area contributed by atoms with Gasteiger partial charge in [-0.3, -0.25) is 14.5 Å². The number of imide groups is 1. The summed E-state index contributed by atoms with van der Waals surface area (Å²) in [6.07, 6.45) is 4.54. The Morgan fingerprint density at radius 1 is 1.21 bits per heavy atom. The van der Waals surface area contributed by atoms with Crippen molar-refractivity contribution < 1.29 is 18.8 Å². The highest BCUT2D eigenvalue weighted by Gasteiger charge is 2.33. The molecule has 4 rings (SSSR count). The number of benzene rings is 1. The van der Waals surface area contributed by atoms with Gasteiger partial charge in [-0.25, -0.2) is 19.2 Å². The standard InChI is InChI=1S/C24H29FN6O3/c1-29(2)23-27-15-18(16-6-8-17(25)9-7-16)22(28-23)19-5-3-4-13-30(19)21(33)11-14-31-20(32)10-12-26-24(31)34/h6-9,15,19H,3-5,10-14H2,1-2H3,(H,26,34)/t19-/m0/s1. The Hall–Kier alpha value is -3.56. The smallest absolute Gasteiger partial charge is 0.324 e. The molecule has 180 valence electrons. The number of hydrogen-bond acceptors (Lipinski definition) is 6. The molecule has 0 aliphatic carbocycles. The van der Waals surface area contributed by atoms with E-state index in [0.29, 0.717) is 24.7 Å². The average molecular weight is 469 g/mol. The molecule has 3 heterocycles. The SMILES string of the molecule is CN(C)c1ncc(-c2ccc(F)cc2)c([C@@H]2CCCCN2C(=O)CCN2C(=O)CCNC2=O)n1. The van der Waals surface area contributed by atoms with Crippen molar-refractivity contribution in [2.24, 2.45) is 0 Å². The molecule has 1 aromatic carbocycles. The summed E-state index contributed by atoms with van der Waals surface area (Å²) < 4.78 is 13.5. The number of likely N-dealkylation sites (tertiary alicyclic amines) is 1. The van der Waals surface area contributed by atoms with Crippen LogP contribution in [0.5, 0.6) is 0 Å². The molecule has 1 atom stereocenters. The van der Waals surface area contributed by atoms with Crippen LogP contribution in [-0.2, 0) is 9.59 Å². The Kier molecular flexibility index (Phi) is 7.04. The molecular formula is C24H29FN6O3. The van der Waals surface area contributed by atoms with Gasteiger partial charge in [-0.05, 0) is 37.0 Å². The molecule has 1 aromatic heterocycles.